The lowest BCUT2D eigenvalue weighted by Gasteiger charge is -2.43. The summed E-state index contributed by atoms with van der Waals surface area (Å²) in [7, 11) is 1.72. The molecule has 3 nitrogen and oxygen atoms in total. The van der Waals surface area contributed by atoms with Gasteiger partial charge in [0.15, 0.2) is 0 Å². The van der Waals surface area contributed by atoms with Crippen LogP contribution in [0.3, 0.4) is 0 Å². The largest absolute Gasteiger partial charge is 0.385 e. The predicted molar refractivity (Wildman–Crippen MR) is 59.3 cm³/mol. The fourth-order valence-electron chi connectivity index (χ4n) is 1.98. The molecule has 3 heteroatoms. The quantitative estimate of drug-likeness (QED) is 0.650. The lowest BCUT2D eigenvalue weighted by Crippen LogP contribution is -2.53. The van der Waals surface area contributed by atoms with E-state index in [2.05, 4.69) is 12.2 Å². The van der Waals surface area contributed by atoms with E-state index < -0.39 is 0 Å². The Kier molecular flexibility index (Phi) is 4.85. The molecule has 1 fully saturated rings. The van der Waals surface area contributed by atoms with E-state index in [1.165, 1.54) is 25.7 Å². The Morgan fingerprint density at radius 1 is 1.50 bits per heavy atom. The summed E-state index contributed by atoms with van der Waals surface area (Å²) in [6, 6.07) is 0.235. The molecule has 1 rings (SSSR count). The van der Waals surface area contributed by atoms with Crippen LogP contribution in [-0.2, 0) is 4.74 Å². The molecule has 0 spiro atoms. The van der Waals surface area contributed by atoms with Gasteiger partial charge in [0.2, 0.25) is 0 Å². The smallest absolute Gasteiger partial charge is 0.0477 e. The Bertz CT molecular complexity index is 152. The van der Waals surface area contributed by atoms with E-state index in [4.69, 9.17) is 10.5 Å². The van der Waals surface area contributed by atoms with Crippen LogP contribution in [0.15, 0.2) is 0 Å². The van der Waals surface area contributed by atoms with Crippen molar-refractivity contribution in [1.82, 2.24) is 5.32 Å². The summed E-state index contributed by atoms with van der Waals surface area (Å²) in [4.78, 5) is 0. The lowest BCUT2D eigenvalue weighted by molar-refractivity contribution is 0.161. The Balaban J connectivity index is 2.12. The number of hydrogen-bond acceptors (Lipinski definition) is 3. The van der Waals surface area contributed by atoms with Crippen molar-refractivity contribution in [2.75, 3.05) is 20.3 Å². The molecule has 84 valence electrons. The summed E-state index contributed by atoms with van der Waals surface area (Å²) < 4.78 is 5.00. The standard InChI is InChI=1S/C11H24N2O/c1-3-11(6-4-7-11)13-9-10(12)5-8-14-2/h10,13H,3-9,12H2,1-2H3. The van der Waals surface area contributed by atoms with Crippen molar-refractivity contribution in [3.05, 3.63) is 0 Å². The Morgan fingerprint density at radius 2 is 2.21 bits per heavy atom. The molecule has 0 saturated heterocycles. The third-order valence-corrected chi connectivity index (χ3v) is 3.42. The minimum atomic E-state index is 0.235. The minimum Gasteiger partial charge on any atom is -0.385 e. The van der Waals surface area contributed by atoms with Gasteiger partial charge in [0.25, 0.3) is 0 Å². The first kappa shape index (κ1) is 12.0. The molecular formula is C11H24N2O. The Hall–Kier alpha value is -0.120. The number of rotatable bonds is 7. The Labute approximate surface area is 87.4 Å². The van der Waals surface area contributed by atoms with E-state index in [1.807, 2.05) is 0 Å². The van der Waals surface area contributed by atoms with Gasteiger partial charge in [-0.2, -0.15) is 0 Å². The normalized spacial score (nSPS) is 21.6. The summed E-state index contributed by atoms with van der Waals surface area (Å²) in [5.41, 5.74) is 6.38. The summed E-state index contributed by atoms with van der Waals surface area (Å²) in [5.74, 6) is 0. The zero-order valence-corrected chi connectivity index (χ0v) is 9.51. The molecule has 0 aromatic rings. The highest BCUT2D eigenvalue weighted by atomic mass is 16.5. The first-order valence-corrected chi connectivity index (χ1v) is 5.72. The van der Waals surface area contributed by atoms with Crippen LogP contribution in [0.5, 0.6) is 0 Å². The molecule has 1 aliphatic rings. The second-order valence-electron chi connectivity index (χ2n) is 4.41. The number of methoxy groups -OCH3 is 1. The zero-order chi connectivity index (χ0) is 10.4. The van der Waals surface area contributed by atoms with Crippen LogP contribution in [-0.4, -0.2) is 31.8 Å². The van der Waals surface area contributed by atoms with Gasteiger partial charge in [0.05, 0.1) is 0 Å². The monoisotopic (exact) mass is 200 g/mol. The number of hydrogen-bond donors (Lipinski definition) is 2. The highest BCUT2D eigenvalue weighted by Crippen LogP contribution is 2.34. The predicted octanol–water partition coefficient (Wildman–Crippen LogP) is 1.27. The maximum atomic E-state index is 5.96. The maximum absolute atomic E-state index is 5.96. The number of ether oxygens (including phenoxy) is 1. The molecule has 1 saturated carbocycles. The summed E-state index contributed by atoms with van der Waals surface area (Å²) in [6.45, 7) is 3.95. The van der Waals surface area contributed by atoms with Gasteiger partial charge in [-0.15, -0.1) is 0 Å². The molecule has 0 heterocycles. The molecule has 0 aromatic heterocycles. The Morgan fingerprint density at radius 3 is 2.64 bits per heavy atom. The van der Waals surface area contributed by atoms with Crippen molar-refractivity contribution >= 4 is 0 Å². The molecule has 1 atom stereocenters. The van der Waals surface area contributed by atoms with Crippen LogP contribution < -0.4 is 11.1 Å². The lowest BCUT2D eigenvalue weighted by atomic mass is 9.75. The summed E-state index contributed by atoms with van der Waals surface area (Å²) >= 11 is 0. The van der Waals surface area contributed by atoms with Crippen LogP contribution in [0, 0.1) is 0 Å². The fraction of sp³-hybridized carbons (Fsp3) is 1.00. The molecule has 0 aromatic carbocycles. The SMILES string of the molecule is CCC1(NCC(N)CCOC)CCC1. The van der Waals surface area contributed by atoms with Crippen molar-refractivity contribution in [2.45, 2.75) is 50.6 Å². The van der Waals surface area contributed by atoms with Crippen molar-refractivity contribution in [3.63, 3.8) is 0 Å². The van der Waals surface area contributed by atoms with E-state index in [0.29, 0.717) is 5.54 Å². The van der Waals surface area contributed by atoms with E-state index in [9.17, 15) is 0 Å². The van der Waals surface area contributed by atoms with E-state index in [-0.39, 0.29) is 6.04 Å². The van der Waals surface area contributed by atoms with Gasteiger partial charge in [-0.3, -0.25) is 0 Å². The molecule has 0 radical (unpaired) electrons. The first-order valence-electron chi connectivity index (χ1n) is 5.72. The molecule has 0 aliphatic heterocycles. The molecule has 0 bridgehead atoms. The van der Waals surface area contributed by atoms with Crippen molar-refractivity contribution < 1.29 is 4.74 Å². The van der Waals surface area contributed by atoms with E-state index in [0.717, 1.165) is 19.6 Å². The van der Waals surface area contributed by atoms with Crippen molar-refractivity contribution in [3.8, 4) is 0 Å². The average Bonchev–Trinajstić information content (AvgIpc) is 2.14. The molecule has 0 amide bonds. The molecule has 1 aliphatic carbocycles. The topological polar surface area (TPSA) is 47.3 Å². The van der Waals surface area contributed by atoms with Crippen LogP contribution in [0.1, 0.15) is 39.0 Å². The molecular weight excluding hydrogens is 176 g/mol. The third-order valence-electron chi connectivity index (χ3n) is 3.42. The molecule has 14 heavy (non-hydrogen) atoms. The highest BCUT2D eigenvalue weighted by Gasteiger charge is 2.34. The fourth-order valence-corrected chi connectivity index (χ4v) is 1.98. The van der Waals surface area contributed by atoms with Crippen LogP contribution in [0.25, 0.3) is 0 Å². The summed E-state index contributed by atoms with van der Waals surface area (Å²) in [5, 5.41) is 3.61. The van der Waals surface area contributed by atoms with Gasteiger partial charge in [-0.25, -0.2) is 0 Å². The minimum absolute atomic E-state index is 0.235. The summed E-state index contributed by atoms with van der Waals surface area (Å²) in [6.07, 6.45) is 6.18. The molecule has 1 unspecified atom stereocenters. The first-order chi connectivity index (χ1) is 6.72. The van der Waals surface area contributed by atoms with Gasteiger partial charge < -0.3 is 15.8 Å². The van der Waals surface area contributed by atoms with Crippen LogP contribution >= 0.6 is 0 Å². The van der Waals surface area contributed by atoms with Crippen molar-refractivity contribution in [2.24, 2.45) is 5.73 Å². The van der Waals surface area contributed by atoms with Gasteiger partial charge in [-0.05, 0) is 32.1 Å². The number of nitrogens with one attached hydrogen (secondary N) is 1. The highest BCUT2D eigenvalue weighted by molar-refractivity contribution is 4.95. The van der Waals surface area contributed by atoms with Crippen LogP contribution in [0.4, 0.5) is 0 Å². The van der Waals surface area contributed by atoms with Crippen LogP contribution in [0.2, 0.25) is 0 Å². The maximum Gasteiger partial charge on any atom is 0.0477 e. The molecule has 3 N–H and O–H groups in total. The second-order valence-corrected chi connectivity index (χ2v) is 4.41. The van der Waals surface area contributed by atoms with E-state index in [1.54, 1.807) is 7.11 Å². The zero-order valence-electron chi connectivity index (χ0n) is 9.51. The van der Waals surface area contributed by atoms with Gasteiger partial charge in [0, 0.05) is 31.8 Å². The van der Waals surface area contributed by atoms with Gasteiger partial charge >= 0.3 is 0 Å². The average molecular weight is 200 g/mol. The van der Waals surface area contributed by atoms with Gasteiger partial charge in [0.1, 0.15) is 0 Å². The third kappa shape index (κ3) is 3.23. The second kappa shape index (κ2) is 5.69. The van der Waals surface area contributed by atoms with Crippen molar-refractivity contribution in [1.29, 1.82) is 0 Å². The van der Waals surface area contributed by atoms with Gasteiger partial charge in [-0.1, -0.05) is 6.92 Å². The number of nitrogens with two attached hydrogens (primary N) is 1. The van der Waals surface area contributed by atoms with E-state index >= 15 is 0 Å².